The average Bonchev–Trinajstić information content (AvgIpc) is 2.74. The number of rotatable bonds is 8. The van der Waals surface area contributed by atoms with E-state index in [4.69, 9.17) is 9.47 Å². The molecular formula is C26H44O6. The van der Waals surface area contributed by atoms with Gasteiger partial charge in [0.25, 0.3) is 0 Å². The van der Waals surface area contributed by atoms with Crippen LogP contribution in [-0.4, -0.2) is 47.1 Å². The predicted octanol–water partition coefficient (Wildman–Crippen LogP) is 4.25. The van der Waals surface area contributed by atoms with Gasteiger partial charge in [0.15, 0.2) is 0 Å². The van der Waals surface area contributed by atoms with Crippen LogP contribution in [-0.2, 0) is 19.1 Å². The van der Waals surface area contributed by atoms with E-state index in [2.05, 4.69) is 0 Å². The monoisotopic (exact) mass is 452 g/mol. The Morgan fingerprint density at radius 1 is 1.19 bits per heavy atom. The third-order valence-electron chi connectivity index (χ3n) is 8.64. The third-order valence-corrected chi connectivity index (χ3v) is 8.64. The molecule has 0 bridgehead atoms. The molecule has 0 aromatic heterocycles. The maximum absolute atomic E-state index is 12.6. The summed E-state index contributed by atoms with van der Waals surface area (Å²) in [4.78, 5) is 24.4. The zero-order valence-corrected chi connectivity index (χ0v) is 20.4. The molecule has 0 aromatic carbocycles. The van der Waals surface area contributed by atoms with Gasteiger partial charge in [0.1, 0.15) is 6.10 Å². The molecule has 32 heavy (non-hydrogen) atoms. The van der Waals surface area contributed by atoms with Gasteiger partial charge in [0.2, 0.25) is 0 Å². The fourth-order valence-electron chi connectivity index (χ4n) is 6.36. The summed E-state index contributed by atoms with van der Waals surface area (Å²) in [6.07, 6.45) is 7.45. The molecule has 184 valence electrons. The Hall–Kier alpha value is -1.14. The van der Waals surface area contributed by atoms with Crippen LogP contribution in [0.1, 0.15) is 91.9 Å². The smallest absolute Gasteiger partial charge is 0.311 e. The van der Waals surface area contributed by atoms with Crippen LogP contribution in [0, 0.1) is 35.0 Å². The van der Waals surface area contributed by atoms with E-state index in [0.717, 1.165) is 38.5 Å². The molecule has 0 aromatic rings. The van der Waals surface area contributed by atoms with Gasteiger partial charge in [-0.05, 0) is 82.5 Å². The number of cyclic esters (lactones) is 1. The van der Waals surface area contributed by atoms with Gasteiger partial charge in [-0.15, -0.1) is 0 Å². The van der Waals surface area contributed by atoms with Gasteiger partial charge in [-0.25, -0.2) is 0 Å². The standard InChI is InChI=1S/C26H44O6/c1-5-26(3,4)25(30)31-15-20-12-19(16(2)27)11-18-8-6-7-17(24(18)20)9-10-22-13-21(28)14-23(29)32-22/h16-22,24,27-28H,5-15H2,1-4H3/t16?,17-,18-,19-,20+,21+,22+,24-/m0/s1. The Kier molecular flexibility index (Phi) is 8.65. The highest BCUT2D eigenvalue weighted by Gasteiger charge is 2.45. The summed E-state index contributed by atoms with van der Waals surface area (Å²) in [5.41, 5.74) is -0.477. The molecule has 0 amide bonds. The van der Waals surface area contributed by atoms with Crippen molar-refractivity contribution in [2.45, 2.75) is 110 Å². The van der Waals surface area contributed by atoms with Crippen LogP contribution in [0.5, 0.6) is 0 Å². The number of ether oxygens (including phenoxy) is 2. The lowest BCUT2D eigenvalue weighted by Gasteiger charge is -2.49. The van der Waals surface area contributed by atoms with Crippen LogP contribution in [0.2, 0.25) is 0 Å². The molecule has 2 N–H and O–H groups in total. The van der Waals surface area contributed by atoms with E-state index in [9.17, 15) is 19.8 Å². The van der Waals surface area contributed by atoms with Crippen molar-refractivity contribution in [1.82, 2.24) is 0 Å². The SMILES string of the molecule is CCC(C)(C)C(=O)OC[C@H]1C[C@@H](C(C)O)C[C@@H]2CCC[C@@H](CC[C@@H]3C[C@@H](O)CC(=O)O3)[C@@H]21. The molecular weight excluding hydrogens is 408 g/mol. The van der Waals surface area contributed by atoms with E-state index in [0.29, 0.717) is 30.8 Å². The molecule has 1 saturated heterocycles. The van der Waals surface area contributed by atoms with E-state index in [1.807, 2.05) is 27.7 Å². The van der Waals surface area contributed by atoms with E-state index in [1.54, 1.807) is 0 Å². The topological polar surface area (TPSA) is 93.1 Å². The molecule has 2 saturated carbocycles. The molecule has 0 spiro atoms. The van der Waals surface area contributed by atoms with Gasteiger partial charge in [0, 0.05) is 6.42 Å². The highest BCUT2D eigenvalue weighted by Crippen LogP contribution is 2.51. The highest BCUT2D eigenvalue weighted by molar-refractivity contribution is 5.75. The summed E-state index contributed by atoms with van der Waals surface area (Å²) in [5, 5.41) is 20.3. The molecule has 8 atom stereocenters. The van der Waals surface area contributed by atoms with E-state index in [1.165, 1.54) is 12.8 Å². The molecule has 3 rings (SSSR count). The number of fused-ring (bicyclic) bond motifs is 1. The zero-order valence-electron chi connectivity index (χ0n) is 20.4. The summed E-state index contributed by atoms with van der Waals surface area (Å²) >= 11 is 0. The molecule has 2 aliphatic carbocycles. The molecule has 6 nitrogen and oxygen atoms in total. The lowest BCUT2D eigenvalue weighted by atomic mass is 9.57. The van der Waals surface area contributed by atoms with Crippen LogP contribution >= 0.6 is 0 Å². The second kappa shape index (κ2) is 10.9. The minimum absolute atomic E-state index is 0.104. The molecule has 0 radical (unpaired) electrons. The van der Waals surface area contributed by atoms with Crippen molar-refractivity contribution in [1.29, 1.82) is 0 Å². The lowest BCUT2D eigenvalue weighted by molar-refractivity contribution is -0.160. The van der Waals surface area contributed by atoms with Crippen LogP contribution in [0.4, 0.5) is 0 Å². The summed E-state index contributed by atoms with van der Waals surface area (Å²) in [6.45, 7) is 8.19. The second-order valence-electron chi connectivity index (χ2n) is 11.4. The first-order valence-corrected chi connectivity index (χ1v) is 12.8. The molecule has 3 aliphatic rings. The first kappa shape index (κ1) is 25.5. The van der Waals surface area contributed by atoms with Gasteiger partial charge in [0.05, 0.1) is 30.7 Å². The van der Waals surface area contributed by atoms with Gasteiger partial charge >= 0.3 is 11.9 Å². The van der Waals surface area contributed by atoms with E-state index >= 15 is 0 Å². The summed E-state index contributed by atoms with van der Waals surface area (Å²) in [6, 6.07) is 0. The number of carbonyl (C=O) groups excluding carboxylic acids is 2. The predicted molar refractivity (Wildman–Crippen MR) is 122 cm³/mol. The number of aliphatic hydroxyl groups is 2. The number of hydrogen-bond donors (Lipinski definition) is 2. The van der Waals surface area contributed by atoms with Gasteiger partial charge in [-0.2, -0.15) is 0 Å². The summed E-state index contributed by atoms with van der Waals surface area (Å²) in [5.74, 6) is 1.61. The lowest BCUT2D eigenvalue weighted by Crippen LogP contribution is -2.45. The van der Waals surface area contributed by atoms with Gasteiger partial charge in [-0.3, -0.25) is 9.59 Å². The average molecular weight is 453 g/mol. The normalized spacial score (nSPS) is 36.7. The summed E-state index contributed by atoms with van der Waals surface area (Å²) in [7, 11) is 0. The Morgan fingerprint density at radius 2 is 1.94 bits per heavy atom. The van der Waals surface area contributed by atoms with Crippen molar-refractivity contribution in [2.24, 2.45) is 35.0 Å². The van der Waals surface area contributed by atoms with E-state index < -0.39 is 11.5 Å². The van der Waals surface area contributed by atoms with Gasteiger partial charge in [-0.1, -0.05) is 26.2 Å². The number of carbonyl (C=O) groups is 2. The molecule has 3 fully saturated rings. The molecule has 1 heterocycles. The molecule has 1 unspecified atom stereocenters. The van der Waals surface area contributed by atoms with Crippen LogP contribution in [0.15, 0.2) is 0 Å². The Morgan fingerprint density at radius 3 is 2.59 bits per heavy atom. The van der Waals surface area contributed by atoms with Crippen molar-refractivity contribution in [3.63, 3.8) is 0 Å². The van der Waals surface area contributed by atoms with Crippen molar-refractivity contribution in [2.75, 3.05) is 6.61 Å². The zero-order chi connectivity index (χ0) is 23.5. The van der Waals surface area contributed by atoms with Crippen LogP contribution in [0.3, 0.4) is 0 Å². The summed E-state index contributed by atoms with van der Waals surface area (Å²) < 4.78 is 11.3. The van der Waals surface area contributed by atoms with Crippen LogP contribution in [0.25, 0.3) is 0 Å². The minimum Gasteiger partial charge on any atom is -0.465 e. The van der Waals surface area contributed by atoms with Gasteiger partial charge < -0.3 is 19.7 Å². The van der Waals surface area contributed by atoms with Crippen molar-refractivity contribution in [3.05, 3.63) is 0 Å². The third kappa shape index (κ3) is 6.25. The molecule has 1 aliphatic heterocycles. The van der Waals surface area contributed by atoms with Crippen LogP contribution < -0.4 is 0 Å². The molecule has 6 heteroatoms. The number of aliphatic hydroxyl groups excluding tert-OH is 2. The second-order valence-corrected chi connectivity index (χ2v) is 11.4. The fourth-order valence-corrected chi connectivity index (χ4v) is 6.36. The maximum atomic E-state index is 12.6. The van der Waals surface area contributed by atoms with Crippen molar-refractivity contribution >= 4 is 11.9 Å². The Bertz CT molecular complexity index is 644. The first-order chi connectivity index (χ1) is 15.1. The Balaban J connectivity index is 1.67. The van der Waals surface area contributed by atoms with Crippen molar-refractivity contribution in [3.8, 4) is 0 Å². The number of hydrogen-bond acceptors (Lipinski definition) is 6. The quantitative estimate of drug-likeness (QED) is 0.535. The minimum atomic E-state index is -0.587. The highest BCUT2D eigenvalue weighted by atomic mass is 16.5. The first-order valence-electron chi connectivity index (χ1n) is 12.8. The largest absolute Gasteiger partial charge is 0.465 e. The maximum Gasteiger partial charge on any atom is 0.311 e. The number of esters is 2. The fraction of sp³-hybridized carbons (Fsp3) is 0.923. The van der Waals surface area contributed by atoms with E-state index in [-0.39, 0.29) is 42.4 Å². The van der Waals surface area contributed by atoms with Crippen molar-refractivity contribution < 1.29 is 29.3 Å². The Labute approximate surface area is 193 Å².